The molecule has 0 unspecified atom stereocenters. The Morgan fingerprint density at radius 2 is 1.59 bits per heavy atom. The van der Waals surface area contributed by atoms with Crippen molar-refractivity contribution in [2.75, 3.05) is 12.0 Å². The van der Waals surface area contributed by atoms with Crippen LogP contribution < -0.4 is 4.18 Å². The van der Waals surface area contributed by atoms with Gasteiger partial charge in [0.05, 0.1) is 27.5 Å². The van der Waals surface area contributed by atoms with Crippen LogP contribution in [-0.4, -0.2) is 52.7 Å². The summed E-state index contributed by atoms with van der Waals surface area (Å²) in [7, 11) is -13.3. The van der Waals surface area contributed by atoms with E-state index in [2.05, 4.69) is 9.97 Å². The maximum atomic E-state index is 13.1. The monoisotopic (exact) mass is 630 g/mol. The van der Waals surface area contributed by atoms with Gasteiger partial charge in [-0.1, -0.05) is 6.92 Å². The van der Waals surface area contributed by atoms with Crippen LogP contribution in [-0.2, 0) is 29.8 Å². The van der Waals surface area contributed by atoms with Gasteiger partial charge in [-0.2, -0.15) is 21.6 Å². The minimum atomic E-state index is -5.67. The standard InChI is InChI=1S/C25H21F3N2O8S3/c1-3-40(33,34)21-13-18(14-4-5-14)22(15-6-8-16(9-7-15)38-39(2,31)32)30-23(21)24-29-19-12-17(10-11-20(19)37-24)41(35,36)25(26,27)28/h6-14H,3-5H2,1-2H3. The van der Waals surface area contributed by atoms with Crippen molar-refractivity contribution in [3.05, 3.63) is 54.1 Å². The predicted octanol–water partition coefficient (Wildman–Crippen LogP) is 4.86. The van der Waals surface area contributed by atoms with Gasteiger partial charge in [0.2, 0.25) is 5.89 Å². The summed E-state index contributed by atoms with van der Waals surface area (Å²) in [5.74, 6) is -0.563. The molecule has 2 heterocycles. The second-order valence-electron chi connectivity index (χ2n) is 9.36. The first-order valence-corrected chi connectivity index (χ1v) is 17.0. The van der Waals surface area contributed by atoms with Crippen molar-refractivity contribution < 1.29 is 47.0 Å². The Morgan fingerprint density at radius 1 is 0.927 bits per heavy atom. The van der Waals surface area contributed by atoms with Gasteiger partial charge in [0.15, 0.2) is 15.4 Å². The average Bonchev–Trinajstić information content (AvgIpc) is 3.64. The Morgan fingerprint density at radius 3 is 2.15 bits per heavy atom. The molecule has 1 aliphatic rings. The van der Waals surface area contributed by atoms with E-state index in [0.29, 0.717) is 22.9 Å². The number of pyridine rings is 1. The van der Waals surface area contributed by atoms with E-state index < -0.39 is 40.2 Å². The molecule has 0 amide bonds. The number of benzene rings is 2. The molecular formula is C25H21F3N2O8S3. The van der Waals surface area contributed by atoms with Crippen LogP contribution in [0, 0.1) is 0 Å². The summed E-state index contributed by atoms with van der Waals surface area (Å²) in [5, 5.41) is 0. The molecule has 1 fully saturated rings. The fourth-order valence-corrected chi connectivity index (χ4v) is 6.43. The third kappa shape index (κ3) is 5.67. The number of hydrogen-bond donors (Lipinski definition) is 0. The van der Waals surface area contributed by atoms with Crippen LogP contribution in [0.25, 0.3) is 33.9 Å². The lowest BCUT2D eigenvalue weighted by atomic mass is 10.0. The molecule has 10 nitrogen and oxygen atoms in total. The van der Waals surface area contributed by atoms with Crippen molar-refractivity contribution in [2.45, 2.75) is 41.0 Å². The van der Waals surface area contributed by atoms with Crippen LogP contribution in [0.3, 0.4) is 0 Å². The van der Waals surface area contributed by atoms with E-state index in [-0.39, 0.29) is 45.0 Å². The third-order valence-electron chi connectivity index (χ3n) is 6.30. The summed E-state index contributed by atoms with van der Waals surface area (Å²) >= 11 is 0. The fraction of sp³-hybridized carbons (Fsp3) is 0.280. The first kappa shape index (κ1) is 29.0. The van der Waals surface area contributed by atoms with Gasteiger partial charge < -0.3 is 8.60 Å². The van der Waals surface area contributed by atoms with Crippen molar-refractivity contribution in [3.63, 3.8) is 0 Å². The van der Waals surface area contributed by atoms with E-state index in [9.17, 15) is 38.4 Å². The van der Waals surface area contributed by atoms with Crippen molar-refractivity contribution in [1.29, 1.82) is 0 Å². The Kier molecular flexibility index (Phi) is 6.94. The number of alkyl halides is 3. The van der Waals surface area contributed by atoms with Gasteiger partial charge in [0, 0.05) is 5.56 Å². The maximum Gasteiger partial charge on any atom is 0.501 e. The lowest BCUT2D eigenvalue weighted by Gasteiger charge is -2.14. The predicted molar refractivity (Wildman–Crippen MR) is 141 cm³/mol. The maximum absolute atomic E-state index is 13.1. The van der Waals surface area contributed by atoms with E-state index in [0.717, 1.165) is 31.2 Å². The number of oxazole rings is 1. The van der Waals surface area contributed by atoms with Gasteiger partial charge in [-0.05, 0) is 72.9 Å². The van der Waals surface area contributed by atoms with E-state index >= 15 is 0 Å². The fourth-order valence-electron chi connectivity index (χ4n) is 4.14. The molecule has 0 N–H and O–H groups in total. The molecule has 0 atom stereocenters. The second-order valence-corrected chi connectivity index (χ2v) is 15.1. The zero-order chi connectivity index (χ0) is 30.0. The zero-order valence-electron chi connectivity index (χ0n) is 21.3. The summed E-state index contributed by atoms with van der Waals surface area (Å²) in [5.41, 5.74) is -4.58. The molecule has 41 heavy (non-hydrogen) atoms. The topological polar surface area (TPSA) is 151 Å². The number of rotatable bonds is 8. The SMILES string of the molecule is CCS(=O)(=O)c1cc(C2CC2)c(-c2ccc(OS(C)(=O)=O)cc2)nc1-c1nc2cc(S(=O)(=O)C(F)(F)F)ccc2o1. The van der Waals surface area contributed by atoms with Gasteiger partial charge in [-0.15, -0.1) is 0 Å². The molecule has 1 aliphatic carbocycles. The van der Waals surface area contributed by atoms with E-state index in [1.807, 2.05) is 0 Å². The highest BCUT2D eigenvalue weighted by Crippen LogP contribution is 2.46. The van der Waals surface area contributed by atoms with Gasteiger partial charge in [-0.3, -0.25) is 0 Å². The average molecular weight is 631 g/mol. The Bertz CT molecular complexity index is 2000. The highest BCUT2D eigenvalue weighted by atomic mass is 32.2. The Hall–Kier alpha value is -3.50. The quantitative estimate of drug-likeness (QED) is 0.247. The molecule has 5 rings (SSSR count). The van der Waals surface area contributed by atoms with Gasteiger partial charge in [-0.25, -0.2) is 26.8 Å². The van der Waals surface area contributed by atoms with Crippen molar-refractivity contribution in [2.24, 2.45) is 0 Å². The molecular weight excluding hydrogens is 609 g/mol. The molecule has 0 aliphatic heterocycles. The van der Waals surface area contributed by atoms with Gasteiger partial charge in [0.1, 0.15) is 17.0 Å². The third-order valence-corrected chi connectivity index (χ3v) is 10.0. The number of fused-ring (bicyclic) bond motifs is 1. The second kappa shape index (κ2) is 9.80. The first-order chi connectivity index (χ1) is 19.0. The van der Waals surface area contributed by atoms with E-state index in [1.165, 1.54) is 25.1 Å². The van der Waals surface area contributed by atoms with Crippen LogP contribution in [0.4, 0.5) is 13.2 Å². The molecule has 0 bridgehead atoms. The summed E-state index contributed by atoms with van der Waals surface area (Å²) in [6, 6.07) is 9.81. The number of sulfone groups is 2. The minimum Gasteiger partial charge on any atom is -0.435 e. The number of nitrogens with zero attached hydrogens (tertiary/aromatic N) is 2. The smallest absolute Gasteiger partial charge is 0.435 e. The molecule has 16 heteroatoms. The van der Waals surface area contributed by atoms with Crippen molar-refractivity contribution in [3.8, 4) is 28.6 Å². The van der Waals surface area contributed by atoms with Crippen LogP contribution >= 0.6 is 0 Å². The molecule has 2 aromatic carbocycles. The Balaban J connectivity index is 1.70. The minimum absolute atomic E-state index is 0.0167. The summed E-state index contributed by atoms with van der Waals surface area (Å²) in [6.07, 6.45) is 2.47. The molecule has 0 saturated heterocycles. The molecule has 1 saturated carbocycles. The highest BCUT2D eigenvalue weighted by Gasteiger charge is 2.47. The number of halogens is 3. The normalized spacial score (nSPS) is 14.9. The Labute approximate surface area is 233 Å². The van der Waals surface area contributed by atoms with Crippen LogP contribution in [0.2, 0.25) is 0 Å². The summed E-state index contributed by atoms with van der Waals surface area (Å²) < 4.78 is 123. The van der Waals surface area contributed by atoms with Crippen molar-refractivity contribution in [1.82, 2.24) is 9.97 Å². The van der Waals surface area contributed by atoms with Crippen LogP contribution in [0.5, 0.6) is 5.75 Å². The molecule has 218 valence electrons. The van der Waals surface area contributed by atoms with Crippen LogP contribution in [0.1, 0.15) is 31.2 Å². The largest absolute Gasteiger partial charge is 0.501 e. The van der Waals surface area contributed by atoms with Crippen LogP contribution in [0.15, 0.2) is 62.7 Å². The lowest BCUT2D eigenvalue weighted by Crippen LogP contribution is -2.23. The lowest BCUT2D eigenvalue weighted by molar-refractivity contribution is -0.0436. The molecule has 0 spiro atoms. The molecule has 4 aromatic rings. The highest BCUT2D eigenvalue weighted by molar-refractivity contribution is 7.92. The zero-order valence-corrected chi connectivity index (χ0v) is 23.8. The van der Waals surface area contributed by atoms with Gasteiger partial charge >= 0.3 is 15.6 Å². The summed E-state index contributed by atoms with van der Waals surface area (Å²) in [4.78, 5) is 7.48. The molecule has 0 radical (unpaired) electrons. The summed E-state index contributed by atoms with van der Waals surface area (Å²) in [6.45, 7) is 1.44. The molecule has 2 aromatic heterocycles. The van der Waals surface area contributed by atoms with E-state index in [4.69, 9.17) is 8.60 Å². The van der Waals surface area contributed by atoms with E-state index in [1.54, 1.807) is 12.1 Å². The number of hydrogen-bond acceptors (Lipinski definition) is 10. The first-order valence-electron chi connectivity index (χ1n) is 12.0. The van der Waals surface area contributed by atoms with Gasteiger partial charge in [0.25, 0.3) is 9.84 Å². The van der Waals surface area contributed by atoms with Crippen molar-refractivity contribution >= 4 is 40.9 Å². The number of aromatic nitrogens is 2.